The minimum absolute atomic E-state index is 0.218. The van der Waals surface area contributed by atoms with E-state index in [1.54, 1.807) is 46.1 Å². The molecule has 6 heteroatoms. The van der Waals surface area contributed by atoms with Crippen molar-refractivity contribution in [2.75, 3.05) is 14.2 Å². The molecule has 1 amide bonds. The monoisotopic (exact) mass is 363 g/mol. The van der Waals surface area contributed by atoms with Crippen LogP contribution in [0.3, 0.4) is 0 Å². The van der Waals surface area contributed by atoms with Crippen molar-refractivity contribution in [3.05, 3.63) is 42.5 Å². The molecule has 0 unspecified atom stereocenters. The van der Waals surface area contributed by atoms with E-state index in [4.69, 9.17) is 14.2 Å². The highest BCUT2D eigenvalue weighted by atomic mass is 16.6. The van der Waals surface area contributed by atoms with Crippen LogP contribution in [-0.2, 0) is 20.8 Å². The lowest BCUT2D eigenvalue weighted by Gasteiger charge is -2.32. The van der Waals surface area contributed by atoms with Gasteiger partial charge in [0.2, 0.25) is 0 Å². The molecule has 1 aromatic rings. The Morgan fingerprint density at radius 2 is 1.81 bits per heavy atom. The predicted molar refractivity (Wildman–Crippen MR) is 100 cm³/mol. The summed E-state index contributed by atoms with van der Waals surface area (Å²) in [6, 6.07) is 6.55. The number of carbonyl (C=O) groups is 2. The highest BCUT2D eigenvalue weighted by Crippen LogP contribution is 2.20. The lowest BCUT2D eigenvalue weighted by atomic mass is 10.1. The fourth-order valence-corrected chi connectivity index (χ4v) is 2.36. The molecule has 0 fully saturated rings. The van der Waals surface area contributed by atoms with Crippen LogP contribution in [0, 0.1) is 0 Å². The number of ether oxygens (including phenoxy) is 3. The number of allylic oxidation sites excluding steroid dienone is 1. The fourth-order valence-electron chi connectivity index (χ4n) is 2.36. The van der Waals surface area contributed by atoms with Crippen LogP contribution in [0.5, 0.6) is 5.75 Å². The van der Waals surface area contributed by atoms with Gasteiger partial charge in [-0.2, -0.15) is 0 Å². The van der Waals surface area contributed by atoms with Gasteiger partial charge in [-0.25, -0.2) is 9.59 Å². The van der Waals surface area contributed by atoms with E-state index in [-0.39, 0.29) is 6.54 Å². The van der Waals surface area contributed by atoms with Crippen LogP contribution in [0.2, 0.25) is 0 Å². The first-order valence-electron chi connectivity index (χ1n) is 8.53. The molecule has 6 nitrogen and oxygen atoms in total. The van der Waals surface area contributed by atoms with Gasteiger partial charge in [-0.05, 0) is 51.3 Å². The first-order chi connectivity index (χ1) is 12.2. The molecule has 1 aromatic carbocycles. The Kier molecular flexibility index (Phi) is 8.16. The Morgan fingerprint density at radius 1 is 1.19 bits per heavy atom. The van der Waals surface area contributed by atoms with Crippen molar-refractivity contribution in [2.24, 2.45) is 0 Å². The predicted octanol–water partition coefficient (Wildman–Crippen LogP) is 3.94. The minimum atomic E-state index is -0.755. The van der Waals surface area contributed by atoms with Crippen LogP contribution < -0.4 is 4.74 Å². The zero-order valence-corrected chi connectivity index (χ0v) is 16.3. The smallest absolute Gasteiger partial charge is 0.411 e. The van der Waals surface area contributed by atoms with Gasteiger partial charge in [0.1, 0.15) is 17.4 Å². The molecule has 0 N–H and O–H groups in total. The Hall–Kier alpha value is -2.50. The van der Waals surface area contributed by atoms with Crippen LogP contribution in [0.1, 0.15) is 39.2 Å². The zero-order chi connectivity index (χ0) is 19.7. The fraction of sp³-hybridized carbons (Fsp3) is 0.500. The summed E-state index contributed by atoms with van der Waals surface area (Å²) >= 11 is 0. The van der Waals surface area contributed by atoms with E-state index in [1.165, 1.54) is 12.0 Å². The van der Waals surface area contributed by atoms with Crippen LogP contribution in [-0.4, -0.2) is 42.8 Å². The summed E-state index contributed by atoms with van der Waals surface area (Å²) in [7, 11) is 2.90. The average molecular weight is 363 g/mol. The third-order valence-corrected chi connectivity index (χ3v) is 3.63. The van der Waals surface area contributed by atoms with Gasteiger partial charge in [0.25, 0.3) is 0 Å². The van der Waals surface area contributed by atoms with Crippen molar-refractivity contribution in [2.45, 2.75) is 51.8 Å². The summed E-state index contributed by atoms with van der Waals surface area (Å²) in [6.07, 6.45) is 2.12. The molecule has 0 aromatic heterocycles. The van der Waals surface area contributed by atoms with Crippen LogP contribution in [0.15, 0.2) is 36.9 Å². The molecule has 0 spiro atoms. The summed E-state index contributed by atoms with van der Waals surface area (Å²) in [6.45, 7) is 9.26. The van der Waals surface area contributed by atoms with Crippen LogP contribution >= 0.6 is 0 Å². The zero-order valence-electron chi connectivity index (χ0n) is 16.3. The maximum atomic E-state index is 12.8. The number of nitrogens with zero attached hydrogens (tertiary/aromatic N) is 1. The molecule has 144 valence electrons. The molecule has 1 atom stereocenters. The quantitative estimate of drug-likeness (QED) is 0.517. The summed E-state index contributed by atoms with van der Waals surface area (Å²) in [5.74, 6) is 0.236. The van der Waals surface area contributed by atoms with Gasteiger partial charge in [0.05, 0.1) is 14.2 Å². The van der Waals surface area contributed by atoms with Gasteiger partial charge >= 0.3 is 12.1 Å². The van der Waals surface area contributed by atoms with E-state index >= 15 is 0 Å². The number of esters is 1. The SMILES string of the molecule is C=CCC[C@@H](C(=O)OC)N(Cc1ccc(OC)cc1)C(=O)OC(C)(C)C. The molecule has 0 saturated carbocycles. The number of benzene rings is 1. The number of rotatable bonds is 8. The van der Waals surface area contributed by atoms with E-state index in [2.05, 4.69) is 6.58 Å². The molecule has 0 bridgehead atoms. The number of hydrogen-bond donors (Lipinski definition) is 0. The molecule has 0 aliphatic carbocycles. The first kappa shape index (κ1) is 21.5. The normalized spacial score (nSPS) is 12.0. The van der Waals surface area contributed by atoms with Gasteiger partial charge in [0.15, 0.2) is 0 Å². The summed E-state index contributed by atoms with van der Waals surface area (Å²) in [4.78, 5) is 26.5. The van der Waals surface area contributed by atoms with Gasteiger partial charge in [0, 0.05) is 6.54 Å². The van der Waals surface area contributed by atoms with Crippen molar-refractivity contribution in [3.63, 3.8) is 0 Å². The van der Waals surface area contributed by atoms with Gasteiger partial charge in [-0.1, -0.05) is 18.2 Å². The standard InChI is InChI=1S/C20H29NO5/c1-7-8-9-17(18(22)25-6)21(19(23)26-20(2,3)4)14-15-10-12-16(24-5)13-11-15/h7,10-13,17H,1,8-9,14H2,2-6H3/t17-/m0/s1. The molecule has 1 rings (SSSR count). The highest BCUT2D eigenvalue weighted by Gasteiger charge is 2.33. The second kappa shape index (κ2) is 9.85. The Morgan fingerprint density at radius 3 is 2.27 bits per heavy atom. The van der Waals surface area contributed by atoms with Crippen molar-refractivity contribution in [1.29, 1.82) is 0 Å². The topological polar surface area (TPSA) is 65.1 Å². The van der Waals surface area contributed by atoms with Crippen LogP contribution in [0.4, 0.5) is 4.79 Å². The van der Waals surface area contributed by atoms with Gasteiger partial charge in [-0.15, -0.1) is 6.58 Å². The maximum absolute atomic E-state index is 12.8. The van der Waals surface area contributed by atoms with Crippen LogP contribution in [0.25, 0.3) is 0 Å². The average Bonchev–Trinajstić information content (AvgIpc) is 2.59. The second-order valence-electron chi connectivity index (χ2n) is 6.86. The Balaban J connectivity index is 3.13. The molecule has 0 radical (unpaired) electrons. The number of methoxy groups -OCH3 is 2. The largest absolute Gasteiger partial charge is 0.497 e. The third-order valence-electron chi connectivity index (χ3n) is 3.63. The van der Waals surface area contributed by atoms with E-state index in [0.717, 1.165) is 5.56 Å². The van der Waals surface area contributed by atoms with E-state index in [9.17, 15) is 9.59 Å². The summed E-state index contributed by atoms with van der Waals surface area (Å²) in [5.41, 5.74) is 0.179. The Bertz CT molecular complexity index is 604. The van der Waals surface area contributed by atoms with Crippen molar-refractivity contribution < 1.29 is 23.8 Å². The number of carbonyl (C=O) groups excluding carboxylic acids is 2. The number of hydrogen-bond acceptors (Lipinski definition) is 5. The second-order valence-corrected chi connectivity index (χ2v) is 6.86. The molecule has 0 aliphatic rings. The lowest BCUT2D eigenvalue weighted by Crippen LogP contribution is -2.47. The molecular formula is C20H29NO5. The minimum Gasteiger partial charge on any atom is -0.497 e. The summed E-state index contributed by atoms with van der Waals surface area (Å²) < 4.78 is 15.6. The highest BCUT2D eigenvalue weighted by molar-refractivity contribution is 5.81. The third kappa shape index (κ3) is 6.78. The maximum Gasteiger partial charge on any atom is 0.411 e. The van der Waals surface area contributed by atoms with Crippen molar-refractivity contribution >= 4 is 12.1 Å². The lowest BCUT2D eigenvalue weighted by molar-refractivity contribution is -0.147. The summed E-state index contributed by atoms with van der Waals surface area (Å²) in [5, 5.41) is 0. The number of amides is 1. The van der Waals surface area contributed by atoms with Gasteiger partial charge < -0.3 is 14.2 Å². The van der Waals surface area contributed by atoms with E-state index in [0.29, 0.717) is 18.6 Å². The molecule has 0 saturated heterocycles. The Labute approximate surface area is 155 Å². The molecule has 0 aliphatic heterocycles. The van der Waals surface area contributed by atoms with Crippen molar-refractivity contribution in [3.8, 4) is 5.75 Å². The van der Waals surface area contributed by atoms with Gasteiger partial charge in [-0.3, -0.25) is 4.90 Å². The van der Waals surface area contributed by atoms with Crippen molar-refractivity contribution in [1.82, 2.24) is 4.90 Å². The van der Waals surface area contributed by atoms with E-state index in [1.807, 2.05) is 12.1 Å². The van der Waals surface area contributed by atoms with E-state index < -0.39 is 23.7 Å². The molecular weight excluding hydrogens is 334 g/mol. The first-order valence-corrected chi connectivity index (χ1v) is 8.53. The molecule has 26 heavy (non-hydrogen) atoms. The molecule has 0 heterocycles.